The first kappa shape index (κ1) is 20.3. The minimum Gasteiger partial charge on any atom is -0.441 e. The standard InChI is InChI=1S/C19H17N5O4/c1-3-19(25)28-13-23(4-2)16-7-5-15(6-8-16)21-22-18-10-9-17(24(26)27)11-14(18)12-20/h3,5-11H,1,4,13H2,2H3/b22-21+. The highest BCUT2D eigenvalue weighted by Gasteiger charge is 2.10. The van der Waals surface area contributed by atoms with E-state index in [0.29, 0.717) is 12.2 Å². The Labute approximate surface area is 161 Å². The molecule has 0 fully saturated rings. The zero-order chi connectivity index (χ0) is 20.5. The smallest absolute Gasteiger partial charge is 0.331 e. The van der Waals surface area contributed by atoms with Crippen LogP contribution < -0.4 is 4.90 Å². The van der Waals surface area contributed by atoms with E-state index in [4.69, 9.17) is 10.00 Å². The molecule has 28 heavy (non-hydrogen) atoms. The Kier molecular flexibility index (Phi) is 6.93. The van der Waals surface area contributed by atoms with Gasteiger partial charge in [-0.15, -0.1) is 5.11 Å². The summed E-state index contributed by atoms with van der Waals surface area (Å²) in [4.78, 5) is 23.2. The van der Waals surface area contributed by atoms with Crippen LogP contribution in [-0.2, 0) is 9.53 Å². The van der Waals surface area contributed by atoms with Crippen molar-refractivity contribution in [2.45, 2.75) is 6.92 Å². The van der Waals surface area contributed by atoms with Crippen molar-refractivity contribution < 1.29 is 14.5 Å². The fourth-order valence-corrected chi connectivity index (χ4v) is 2.20. The molecule has 0 bridgehead atoms. The zero-order valence-electron chi connectivity index (χ0n) is 15.1. The van der Waals surface area contributed by atoms with E-state index < -0.39 is 10.9 Å². The average molecular weight is 379 g/mol. The molecular formula is C19H17N5O4. The van der Waals surface area contributed by atoms with E-state index in [1.54, 1.807) is 24.3 Å². The minimum atomic E-state index is -0.577. The quantitative estimate of drug-likeness (QED) is 0.167. The van der Waals surface area contributed by atoms with Gasteiger partial charge < -0.3 is 9.64 Å². The molecule has 0 aliphatic carbocycles. The SMILES string of the molecule is C=CC(=O)OCN(CC)c1ccc(/N=N/c2ccc([N+](=O)[O-])cc2C#N)cc1. The number of anilines is 1. The molecule has 2 aromatic rings. The molecule has 0 N–H and O–H groups in total. The summed E-state index contributed by atoms with van der Waals surface area (Å²) in [6.45, 7) is 5.99. The summed E-state index contributed by atoms with van der Waals surface area (Å²) in [6, 6.07) is 12.7. The largest absolute Gasteiger partial charge is 0.441 e. The number of azo groups is 1. The second kappa shape index (κ2) is 9.59. The van der Waals surface area contributed by atoms with Gasteiger partial charge in [0, 0.05) is 30.4 Å². The first-order valence-electron chi connectivity index (χ1n) is 8.23. The third kappa shape index (κ3) is 5.22. The monoisotopic (exact) mass is 379 g/mol. The van der Waals surface area contributed by atoms with Crippen molar-refractivity contribution in [2.24, 2.45) is 10.2 Å². The molecule has 142 valence electrons. The Bertz CT molecular complexity index is 948. The molecule has 0 aromatic heterocycles. The maximum Gasteiger partial charge on any atom is 0.331 e. The van der Waals surface area contributed by atoms with Crippen LogP contribution >= 0.6 is 0 Å². The van der Waals surface area contributed by atoms with Gasteiger partial charge in [-0.05, 0) is 37.3 Å². The number of non-ortho nitro benzene ring substituents is 1. The Morgan fingerprint density at radius 3 is 2.61 bits per heavy atom. The van der Waals surface area contributed by atoms with Crippen molar-refractivity contribution in [1.82, 2.24) is 0 Å². The predicted octanol–water partition coefficient (Wildman–Crippen LogP) is 4.39. The van der Waals surface area contributed by atoms with Crippen molar-refractivity contribution in [3.8, 4) is 6.07 Å². The van der Waals surface area contributed by atoms with Gasteiger partial charge in [0.2, 0.25) is 0 Å². The van der Waals surface area contributed by atoms with E-state index >= 15 is 0 Å². The lowest BCUT2D eigenvalue weighted by atomic mass is 10.2. The van der Waals surface area contributed by atoms with Crippen LogP contribution in [0.25, 0.3) is 0 Å². The third-order valence-electron chi connectivity index (χ3n) is 3.71. The highest BCUT2D eigenvalue weighted by atomic mass is 16.6. The number of hydrogen-bond acceptors (Lipinski definition) is 8. The van der Waals surface area contributed by atoms with Crippen molar-refractivity contribution >= 4 is 28.7 Å². The number of benzene rings is 2. The molecule has 0 amide bonds. The number of hydrogen-bond donors (Lipinski definition) is 0. The van der Waals surface area contributed by atoms with Crippen LogP contribution in [0, 0.1) is 21.4 Å². The molecule has 0 saturated carbocycles. The Hall–Kier alpha value is -4.06. The molecule has 0 atom stereocenters. The topological polar surface area (TPSA) is 121 Å². The summed E-state index contributed by atoms with van der Waals surface area (Å²) < 4.78 is 5.03. The molecule has 9 nitrogen and oxygen atoms in total. The predicted molar refractivity (Wildman–Crippen MR) is 103 cm³/mol. The third-order valence-corrected chi connectivity index (χ3v) is 3.71. The number of ether oxygens (including phenoxy) is 1. The van der Waals surface area contributed by atoms with Crippen molar-refractivity contribution in [3.05, 3.63) is 70.8 Å². The van der Waals surface area contributed by atoms with Crippen molar-refractivity contribution in [1.29, 1.82) is 5.26 Å². The molecule has 0 aliphatic rings. The van der Waals surface area contributed by atoms with Crippen LogP contribution in [0.4, 0.5) is 22.7 Å². The van der Waals surface area contributed by atoms with E-state index in [1.165, 1.54) is 12.1 Å². The molecule has 2 rings (SSSR count). The zero-order valence-corrected chi connectivity index (χ0v) is 15.1. The highest BCUT2D eigenvalue weighted by Crippen LogP contribution is 2.27. The lowest BCUT2D eigenvalue weighted by Crippen LogP contribution is -2.27. The average Bonchev–Trinajstić information content (AvgIpc) is 2.72. The molecular weight excluding hydrogens is 362 g/mol. The van der Waals surface area contributed by atoms with Gasteiger partial charge in [-0.3, -0.25) is 10.1 Å². The molecule has 0 radical (unpaired) electrons. The fraction of sp³-hybridized carbons (Fsp3) is 0.158. The Balaban J connectivity index is 2.13. The summed E-state index contributed by atoms with van der Waals surface area (Å²) in [5, 5.41) is 28.0. The normalized spacial score (nSPS) is 10.3. The molecule has 0 unspecified atom stereocenters. The second-order valence-electron chi connectivity index (χ2n) is 5.44. The molecule has 0 saturated heterocycles. The number of rotatable bonds is 8. The van der Waals surface area contributed by atoms with Gasteiger partial charge in [-0.25, -0.2) is 4.79 Å². The van der Waals surface area contributed by atoms with Crippen LogP contribution in [0.5, 0.6) is 0 Å². The van der Waals surface area contributed by atoms with Gasteiger partial charge in [0.15, 0.2) is 6.73 Å². The van der Waals surface area contributed by atoms with E-state index in [1.807, 2.05) is 17.9 Å². The Morgan fingerprint density at radius 1 is 1.32 bits per heavy atom. The number of nitriles is 1. The van der Waals surface area contributed by atoms with E-state index in [-0.39, 0.29) is 23.7 Å². The Morgan fingerprint density at radius 2 is 2.04 bits per heavy atom. The number of esters is 1. The lowest BCUT2D eigenvalue weighted by molar-refractivity contribution is -0.384. The number of nitro benzene ring substituents is 1. The number of carbonyl (C=O) groups is 1. The lowest BCUT2D eigenvalue weighted by Gasteiger charge is -2.22. The first-order valence-corrected chi connectivity index (χ1v) is 8.23. The van der Waals surface area contributed by atoms with E-state index in [0.717, 1.165) is 17.8 Å². The second-order valence-corrected chi connectivity index (χ2v) is 5.44. The summed E-state index contributed by atoms with van der Waals surface area (Å²) in [5.74, 6) is -0.500. The van der Waals surface area contributed by atoms with Crippen LogP contribution in [0.15, 0.2) is 65.3 Å². The first-order chi connectivity index (χ1) is 13.5. The van der Waals surface area contributed by atoms with Gasteiger partial charge in [0.1, 0.15) is 11.8 Å². The van der Waals surface area contributed by atoms with E-state index in [9.17, 15) is 14.9 Å². The fourth-order valence-electron chi connectivity index (χ4n) is 2.20. The van der Waals surface area contributed by atoms with Gasteiger partial charge in [0.05, 0.1) is 16.2 Å². The summed E-state index contributed by atoms with van der Waals surface area (Å²) in [5.41, 5.74) is 1.48. The molecule has 0 aliphatic heterocycles. The molecule has 2 aromatic carbocycles. The number of carbonyl (C=O) groups excluding carboxylic acids is 1. The van der Waals surface area contributed by atoms with Gasteiger partial charge in [-0.1, -0.05) is 6.58 Å². The van der Waals surface area contributed by atoms with Crippen LogP contribution in [0.1, 0.15) is 12.5 Å². The minimum absolute atomic E-state index is 0.0655. The van der Waals surface area contributed by atoms with Crippen molar-refractivity contribution in [3.63, 3.8) is 0 Å². The van der Waals surface area contributed by atoms with E-state index in [2.05, 4.69) is 16.8 Å². The summed E-state index contributed by atoms with van der Waals surface area (Å²) >= 11 is 0. The summed E-state index contributed by atoms with van der Waals surface area (Å²) in [7, 11) is 0. The highest BCUT2D eigenvalue weighted by molar-refractivity contribution is 5.81. The van der Waals surface area contributed by atoms with Crippen molar-refractivity contribution in [2.75, 3.05) is 18.2 Å². The summed E-state index contributed by atoms with van der Waals surface area (Å²) in [6.07, 6.45) is 1.10. The number of nitrogens with zero attached hydrogens (tertiary/aromatic N) is 5. The maximum atomic E-state index is 11.2. The maximum absolute atomic E-state index is 11.2. The van der Waals surface area contributed by atoms with Gasteiger partial charge in [0.25, 0.3) is 5.69 Å². The van der Waals surface area contributed by atoms with Gasteiger partial charge >= 0.3 is 5.97 Å². The van der Waals surface area contributed by atoms with Crippen LogP contribution in [-0.4, -0.2) is 24.2 Å². The van der Waals surface area contributed by atoms with Crippen LogP contribution in [0.2, 0.25) is 0 Å². The molecule has 9 heteroatoms. The number of nitro groups is 1. The molecule has 0 heterocycles. The van der Waals surface area contributed by atoms with Gasteiger partial charge in [-0.2, -0.15) is 10.4 Å². The van der Waals surface area contributed by atoms with Crippen LogP contribution in [0.3, 0.4) is 0 Å². The molecule has 0 spiro atoms.